The second-order valence-corrected chi connectivity index (χ2v) is 3.57. The van der Waals surface area contributed by atoms with E-state index in [9.17, 15) is 13.9 Å². The van der Waals surface area contributed by atoms with E-state index in [0.717, 1.165) is 12.1 Å². The van der Waals surface area contributed by atoms with Crippen LogP contribution >= 0.6 is 0 Å². The molecule has 0 aromatic heterocycles. The molecule has 0 radical (unpaired) electrons. The maximum absolute atomic E-state index is 13.3. The van der Waals surface area contributed by atoms with Gasteiger partial charge >= 0.3 is 0 Å². The Morgan fingerprint density at radius 2 is 2.06 bits per heavy atom. The van der Waals surface area contributed by atoms with Crippen LogP contribution in [0.1, 0.15) is 5.56 Å². The van der Waals surface area contributed by atoms with Gasteiger partial charge in [0.05, 0.1) is 18.4 Å². The van der Waals surface area contributed by atoms with Crippen molar-refractivity contribution in [2.24, 2.45) is 0 Å². The lowest BCUT2D eigenvalue weighted by atomic mass is 10.2. The van der Waals surface area contributed by atoms with Crippen molar-refractivity contribution in [2.45, 2.75) is 13.0 Å². The van der Waals surface area contributed by atoms with Crippen LogP contribution in [0, 0.1) is 18.6 Å². The molecule has 0 heterocycles. The highest BCUT2D eigenvalue weighted by Gasteiger charge is 2.09. The van der Waals surface area contributed by atoms with Gasteiger partial charge in [0.25, 0.3) is 0 Å². The summed E-state index contributed by atoms with van der Waals surface area (Å²) < 4.78 is 31.2. The summed E-state index contributed by atoms with van der Waals surface area (Å²) >= 11 is 0. The standard InChI is InChI=1S/C11H15F2NO2/c1-7-3-10(13)11(4-9(7)12)14-5-8(15)6-16-2/h3-4,8,14-15H,5-6H2,1-2H3. The second kappa shape index (κ2) is 5.77. The minimum Gasteiger partial charge on any atom is -0.389 e. The molecular formula is C11H15F2NO2. The molecule has 0 bridgehead atoms. The van der Waals surface area contributed by atoms with Crippen molar-refractivity contribution in [1.29, 1.82) is 0 Å². The Bertz CT molecular complexity index is 358. The Kier molecular flexibility index (Phi) is 4.64. The van der Waals surface area contributed by atoms with E-state index in [1.54, 1.807) is 0 Å². The Morgan fingerprint density at radius 3 is 2.69 bits per heavy atom. The van der Waals surface area contributed by atoms with Gasteiger partial charge in [0.15, 0.2) is 0 Å². The van der Waals surface area contributed by atoms with Crippen LogP contribution in [0.3, 0.4) is 0 Å². The number of hydrogen-bond acceptors (Lipinski definition) is 3. The van der Waals surface area contributed by atoms with Crippen LogP contribution in [0.25, 0.3) is 0 Å². The number of halogens is 2. The van der Waals surface area contributed by atoms with E-state index in [-0.39, 0.29) is 24.4 Å². The van der Waals surface area contributed by atoms with Gasteiger partial charge in [-0.25, -0.2) is 8.78 Å². The molecule has 1 unspecified atom stereocenters. The predicted octanol–water partition coefficient (Wildman–Crippen LogP) is 1.69. The fourth-order valence-corrected chi connectivity index (χ4v) is 1.26. The summed E-state index contributed by atoms with van der Waals surface area (Å²) in [4.78, 5) is 0. The third-order valence-corrected chi connectivity index (χ3v) is 2.14. The lowest BCUT2D eigenvalue weighted by Crippen LogP contribution is -2.24. The van der Waals surface area contributed by atoms with Crippen LogP contribution in [-0.2, 0) is 4.74 Å². The molecule has 5 heteroatoms. The van der Waals surface area contributed by atoms with Crippen molar-refractivity contribution in [3.63, 3.8) is 0 Å². The zero-order valence-electron chi connectivity index (χ0n) is 9.26. The first kappa shape index (κ1) is 12.9. The Hall–Kier alpha value is -1.20. The fraction of sp³-hybridized carbons (Fsp3) is 0.455. The number of hydrogen-bond donors (Lipinski definition) is 2. The molecule has 1 aromatic rings. The molecule has 0 fully saturated rings. The number of aliphatic hydroxyl groups is 1. The number of aliphatic hydroxyl groups excluding tert-OH is 1. The van der Waals surface area contributed by atoms with Gasteiger partial charge in [0.2, 0.25) is 0 Å². The molecule has 90 valence electrons. The van der Waals surface area contributed by atoms with Gasteiger partial charge in [-0.1, -0.05) is 0 Å². The van der Waals surface area contributed by atoms with Crippen LogP contribution in [0.5, 0.6) is 0 Å². The maximum Gasteiger partial charge on any atom is 0.146 e. The van der Waals surface area contributed by atoms with Crippen molar-refractivity contribution >= 4 is 5.69 Å². The van der Waals surface area contributed by atoms with Crippen LogP contribution < -0.4 is 5.32 Å². The molecule has 1 rings (SSSR count). The molecule has 0 aliphatic rings. The molecule has 0 saturated heterocycles. The summed E-state index contributed by atoms with van der Waals surface area (Å²) in [5.41, 5.74) is 0.291. The lowest BCUT2D eigenvalue weighted by Gasteiger charge is -2.13. The van der Waals surface area contributed by atoms with Gasteiger partial charge in [-0.05, 0) is 18.6 Å². The lowest BCUT2D eigenvalue weighted by molar-refractivity contribution is 0.0727. The zero-order valence-corrected chi connectivity index (χ0v) is 9.26. The quantitative estimate of drug-likeness (QED) is 0.810. The summed E-state index contributed by atoms with van der Waals surface area (Å²) in [6, 6.07) is 2.19. The largest absolute Gasteiger partial charge is 0.389 e. The van der Waals surface area contributed by atoms with Crippen molar-refractivity contribution < 1.29 is 18.6 Å². The summed E-state index contributed by atoms with van der Waals surface area (Å²) in [6.45, 7) is 1.73. The average molecular weight is 231 g/mol. The first-order chi connectivity index (χ1) is 7.54. The second-order valence-electron chi connectivity index (χ2n) is 3.57. The van der Waals surface area contributed by atoms with E-state index in [0.29, 0.717) is 0 Å². The minimum atomic E-state index is -0.756. The third kappa shape index (κ3) is 3.43. The van der Waals surface area contributed by atoms with Crippen LogP contribution in [-0.4, -0.2) is 31.5 Å². The van der Waals surface area contributed by atoms with Crippen molar-refractivity contribution in [1.82, 2.24) is 0 Å². The monoisotopic (exact) mass is 231 g/mol. The normalized spacial score (nSPS) is 12.6. The number of rotatable bonds is 5. The smallest absolute Gasteiger partial charge is 0.146 e. The number of aryl methyl sites for hydroxylation is 1. The van der Waals surface area contributed by atoms with E-state index in [2.05, 4.69) is 5.32 Å². The molecule has 0 aliphatic carbocycles. The first-order valence-electron chi connectivity index (χ1n) is 4.91. The number of anilines is 1. The van der Waals surface area contributed by atoms with E-state index < -0.39 is 17.7 Å². The Morgan fingerprint density at radius 1 is 1.38 bits per heavy atom. The van der Waals surface area contributed by atoms with Gasteiger partial charge in [-0.3, -0.25) is 0 Å². The highest BCUT2D eigenvalue weighted by atomic mass is 19.1. The van der Waals surface area contributed by atoms with Gasteiger partial charge in [0, 0.05) is 19.7 Å². The molecule has 3 nitrogen and oxygen atoms in total. The zero-order chi connectivity index (χ0) is 12.1. The number of benzene rings is 1. The van der Waals surface area contributed by atoms with E-state index in [1.807, 2.05) is 0 Å². The Labute approximate surface area is 93.0 Å². The molecule has 16 heavy (non-hydrogen) atoms. The molecule has 1 aromatic carbocycles. The van der Waals surface area contributed by atoms with E-state index in [4.69, 9.17) is 4.74 Å². The van der Waals surface area contributed by atoms with Gasteiger partial charge < -0.3 is 15.2 Å². The average Bonchev–Trinajstić information content (AvgIpc) is 2.22. The molecular weight excluding hydrogens is 216 g/mol. The third-order valence-electron chi connectivity index (χ3n) is 2.14. The van der Waals surface area contributed by atoms with E-state index in [1.165, 1.54) is 14.0 Å². The topological polar surface area (TPSA) is 41.5 Å². The van der Waals surface area contributed by atoms with Crippen LogP contribution in [0.4, 0.5) is 14.5 Å². The van der Waals surface area contributed by atoms with Crippen molar-refractivity contribution in [3.05, 3.63) is 29.3 Å². The van der Waals surface area contributed by atoms with Crippen LogP contribution in [0.15, 0.2) is 12.1 Å². The molecule has 0 aliphatic heterocycles. The molecule has 0 saturated carbocycles. The highest BCUT2D eigenvalue weighted by Crippen LogP contribution is 2.18. The number of nitrogens with one attached hydrogen (secondary N) is 1. The first-order valence-corrected chi connectivity index (χ1v) is 4.91. The molecule has 0 spiro atoms. The molecule has 1 atom stereocenters. The highest BCUT2D eigenvalue weighted by molar-refractivity contribution is 5.46. The van der Waals surface area contributed by atoms with Crippen LogP contribution in [0.2, 0.25) is 0 Å². The van der Waals surface area contributed by atoms with E-state index >= 15 is 0 Å². The van der Waals surface area contributed by atoms with Gasteiger partial charge in [-0.2, -0.15) is 0 Å². The number of ether oxygens (including phenoxy) is 1. The van der Waals surface area contributed by atoms with Crippen molar-refractivity contribution in [3.8, 4) is 0 Å². The number of methoxy groups -OCH3 is 1. The minimum absolute atomic E-state index is 0.0400. The molecule has 2 N–H and O–H groups in total. The summed E-state index contributed by atoms with van der Waals surface area (Å²) in [6.07, 6.45) is -0.756. The van der Waals surface area contributed by atoms with Gasteiger partial charge in [-0.15, -0.1) is 0 Å². The van der Waals surface area contributed by atoms with Crippen molar-refractivity contribution in [2.75, 3.05) is 25.6 Å². The predicted molar refractivity (Wildman–Crippen MR) is 57.5 cm³/mol. The Balaban J connectivity index is 2.63. The molecule has 0 amide bonds. The SMILES string of the molecule is COCC(O)CNc1cc(F)c(C)cc1F. The summed E-state index contributed by atoms with van der Waals surface area (Å²) in [5.74, 6) is -1.02. The summed E-state index contributed by atoms with van der Waals surface area (Å²) in [7, 11) is 1.45. The maximum atomic E-state index is 13.3. The van der Waals surface area contributed by atoms with Gasteiger partial charge in [0.1, 0.15) is 11.6 Å². The fourth-order valence-electron chi connectivity index (χ4n) is 1.26. The summed E-state index contributed by atoms with van der Waals surface area (Å²) in [5, 5.41) is 11.9.